The van der Waals surface area contributed by atoms with Gasteiger partial charge >= 0.3 is 19.5 Å². The average molecular weight is 287 g/mol. The molecule has 0 aromatic rings. The van der Waals surface area contributed by atoms with Crippen LogP contribution in [-0.4, -0.2) is 0 Å². The van der Waals surface area contributed by atoms with E-state index < -0.39 is 0 Å². The molecule has 0 aromatic heterocycles. The molecule has 0 heterocycles. The van der Waals surface area contributed by atoms with Crippen molar-refractivity contribution in [3.63, 3.8) is 0 Å². The molecule has 0 amide bonds. The second-order valence-corrected chi connectivity index (χ2v) is 3.38. The van der Waals surface area contributed by atoms with Crippen molar-refractivity contribution >= 4 is 0 Å². The summed E-state index contributed by atoms with van der Waals surface area (Å²) >= 11 is 0. The summed E-state index contributed by atoms with van der Waals surface area (Å²) < 4.78 is 0. The van der Waals surface area contributed by atoms with Crippen LogP contribution in [0.5, 0.6) is 0 Å². The van der Waals surface area contributed by atoms with Crippen LogP contribution in [0.2, 0.25) is 0 Å². The molecule has 0 radical (unpaired) electrons. The molecule has 1 heteroatoms. The van der Waals surface area contributed by atoms with Crippen LogP contribution in [0.3, 0.4) is 0 Å². The van der Waals surface area contributed by atoms with Gasteiger partial charge in [0, 0.05) is 0 Å². The van der Waals surface area contributed by atoms with E-state index >= 15 is 0 Å². The number of rotatable bonds is 0. The van der Waals surface area contributed by atoms with Gasteiger partial charge in [0.05, 0.1) is 0 Å². The molecule has 0 atom stereocenters. The van der Waals surface area contributed by atoms with E-state index in [1.807, 2.05) is 12.2 Å². The van der Waals surface area contributed by atoms with E-state index in [9.17, 15) is 0 Å². The van der Waals surface area contributed by atoms with Gasteiger partial charge < -0.3 is 0 Å². The van der Waals surface area contributed by atoms with E-state index in [4.69, 9.17) is 0 Å². The minimum atomic E-state index is 0. The summed E-state index contributed by atoms with van der Waals surface area (Å²) in [5.41, 5.74) is 0. The Morgan fingerprint density at radius 1 is 0.733 bits per heavy atom. The molecule has 15 heavy (non-hydrogen) atoms. The third kappa shape index (κ3) is 9.88. The van der Waals surface area contributed by atoms with Crippen LogP contribution < -0.4 is 0 Å². The van der Waals surface area contributed by atoms with Gasteiger partial charge in [-0.15, -0.1) is 12.8 Å². The Kier molecular flexibility index (Phi) is 11.3. The molecule has 0 saturated heterocycles. The van der Waals surface area contributed by atoms with Crippen LogP contribution in [0.1, 0.15) is 38.5 Å². The van der Waals surface area contributed by atoms with E-state index in [-0.39, 0.29) is 19.5 Å². The van der Waals surface area contributed by atoms with Crippen molar-refractivity contribution < 1.29 is 19.5 Å². The monoisotopic (exact) mass is 288 g/mol. The zero-order valence-electron chi connectivity index (χ0n) is 9.06. The summed E-state index contributed by atoms with van der Waals surface area (Å²) in [6.07, 6.45) is 26.0. The van der Waals surface area contributed by atoms with Gasteiger partial charge in [0.15, 0.2) is 0 Å². The summed E-state index contributed by atoms with van der Waals surface area (Å²) in [5.74, 6) is 0. The first-order chi connectivity index (χ1) is 7.00. The Bertz CT molecular complexity index is 184. The molecule has 0 spiro atoms. The van der Waals surface area contributed by atoms with Gasteiger partial charge in [-0.3, -0.25) is 12.2 Å². The summed E-state index contributed by atoms with van der Waals surface area (Å²) in [5, 5.41) is 0. The number of hydrogen-bond acceptors (Lipinski definition) is 0. The van der Waals surface area contributed by atoms with Crippen molar-refractivity contribution in [1.82, 2.24) is 0 Å². The van der Waals surface area contributed by atoms with E-state index in [2.05, 4.69) is 36.5 Å². The Hall–Kier alpha value is -0.417. The van der Waals surface area contributed by atoms with E-state index in [0.717, 1.165) is 12.8 Å². The molecule has 0 aromatic carbocycles. The summed E-state index contributed by atoms with van der Waals surface area (Å²) in [7, 11) is 0. The fraction of sp³-hybridized carbons (Fsp3) is 0.429. The minimum absolute atomic E-state index is 0. The fourth-order valence-corrected chi connectivity index (χ4v) is 1.28. The number of hydrogen-bond donors (Lipinski definition) is 0. The third-order valence-electron chi connectivity index (χ3n) is 2.08. The minimum Gasteiger partial charge on any atom is -0.275 e. The van der Waals surface area contributed by atoms with Gasteiger partial charge in [0.2, 0.25) is 0 Å². The zero-order valence-corrected chi connectivity index (χ0v) is 10.8. The molecule has 0 saturated carbocycles. The average Bonchev–Trinajstić information content (AvgIpc) is 2.68. The zero-order chi connectivity index (χ0) is 9.90. The Balaban J connectivity index is 0.000000245. The van der Waals surface area contributed by atoms with Gasteiger partial charge in [0.1, 0.15) is 0 Å². The summed E-state index contributed by atoms with van der Waals surface area (Å²) in [6, 6.07) is 0. The molecular weight excluding hydrogens is 269 g/mol. The van der Waals surface area contributed by atoms with Crippen LogP contribution in [0.4, 0.5) is 0 Å². The van der Waals surface area contributed by atoms with E-state index in [0.29, 0.717) is 0 Å². The van der Waals surface area contributed by atoms with Crippen molar-refractivity contribution in [3.8, 4) is 0 Å². The SMILES string of the molecule is [C-]1=CC=CCCC1.[C-]1=CC=CCCC1.[Ru+2]. The molecule has 0 unspecified atom stereocenters. The Morgan fingerprint density at radius 2 is 1.20 bits per heavy atom. The molecule has 0 N–H and O–H groups in total. The predicted molar refractivity (Wildman–Crippen MR) is 61.6 cm³/mol. The second-order valence-electron chi connectivity index (χ2n) is 3.38. The van der Waals surface area contributed by atoms with Crippen molar-refractivity contribution in [3.05, 3.63) is 48.6 Å². The second kappa shape index (κ2) is 11.7. The maximum Gasteiger partial charge on any atom is 2.00 e. The molecule has 2 aliphatic rings. The standard InChI is InChI=1S/2C7H9.Ru/c2*1-2-4-6-7-5-3-1;/h2*1-3H,4,6-7H2;/q2*-1;+2. The molecular formula is C14H18Ru. The van der Waals surface area contributed by atoms with Crippen LogP contribution in [-0.2, 0) is 19.5 Å². The Morgan fingerprint density at radius 3 is 1.67 bits per heavy atom. The Labute approximate surface area is 107 Å². The van der Waals surface area contributed by atoms with E-state index in [1.165, 1.54) is 25.7 Å². The summed E-state index contributed by atoms with van der Waals surface area (Å²) in [6.45, 7) is 0. The summed E-state index contributed by atoms with van der Waals surface area (Å²) in [4.78, 5) is 0. The molecule has 0 fully saturated rings. The molecule has 82 valence electrons. The van der Waals surface area contributed by atoms with E-state index in [1.54, 1.807) is 0 Å². The largest absolute Gasteiger partial charge is 2.00 e. The van der Waals surface area contributed by atoms with Gasteiger partial charge in [0.25, 0.3) is 0 Å². The molecule has 0 nitrogen and oxygen atoms in total. The molecule has 0 aliphatic heterocycles. The first-order valence-corrected chi connectivity index (χ1v) is 5.43. The quantitative estimate of drug-likeness (QED) is 0.463. The predicted octanol–water partition coefficient (Wildman–Crippen LogP) is 4.17. The van der Waals surface area contributed by atoms with Crippen molar-refractivity contribution in [2.45, 2.75) is 38.5 Å². The van der Waals surface area contributed by atoms with Crippen LogP contribution in [0.15, 0.2) is 36.5 Å². The number of allylic oxidation sites excluding steroid dienone is 8. The fourth-order valence-electron chi connectivity index (χ4n) is 1.28. The van der Waals surface area contributed by atoms with Gasteiger partial charge in [-0.1, -0.05) is 25.7 Å². The van der Waals surface area contributed by atoms with Gasteiger partial charge in [-0.05, 0) is 0 Å². The molecule has 2 aliphatic carbocycles. The molecule has 2 rings (SSSR count). The normalized spacial score (nSPS) is 18.1. The van der Waals surface area contributed by atoms with Crippen LogP contribution >= 0.6 is 0 Å². The smallest absolute Gasteiger partial charge is 0.275 e. The molecule has 0 bridgehead atoms. The van der Waals surface area contributed by atoms with Gasteiger partial charge in [-0.2, -0.15) is 12.2 Å². The van der Waals surface area contributed by atoms with Gasteiger partial charge in [-0.25, -0.2) is 24.3 Å². The maximum atomic E-state index is 3.14. The first kappa shape index (κ1) is 14.6. The topological polar surface area (TPSA) is 0 Å². The van der Waals surface area contributed by atoms with Crippen LogP contribution in [0.25, 0.3) is 0 Å². The van der Waals surface area contributed by atoms with Crippen LogP contribution in [0, 0.1) is 12.2 Å². The van der Waals surface area contributed by atoms with Crippen molar-refractivity contribution in [2.75, 3.05) is 0 Å². The third-order valence-corrected chi connectivity index (χ3v) is 2.08. The van der Waals surface area contributed by atoms with Crippen molar-refractivity contribution in [1.29, 1.82) is 0 Å². The first-order valence-electron chi connectivity index (χ1n) is 5.43. The van der Waals surface area contributed by atoms with Crippen molar-refractivity contribution in [2.24, 2.45) is 0 Å². The maximum absolute atomic E-state index is 3.14.